The van der Waals surface area contributed by atoms with Crippen LogP contribution in [0.15, 0.2) is 33.8 Å². The number of carbonyl (C=O) groups is 1. The van der Waals surface area contributed by atoms with Gasteiger partial charge in [-0.05, 0) is 30.7 Å². The third-order valence-corrected chi connectivity index (χ3v) is 2.42. The summed E-state index contributed by atoms with van der Waals surface area (Å²) < 4.78 is 0.943. The van der Waals surface area contributed by atoms with Crippen LogP contribution in [-0.2, 0) is 0 Å². The van der Waals surface area contributed by atoms with E-state index in [1.54, 1.807) is 18.3 Å². The van der Waals surface area contributed by atoms with Crippen LogP contribution in [0.3, 0.4) is 0 Å². The number of anilines is 1. The Balaban J connectivity index is 2.85. The number of hydrazone groups is 1. The summed E-state index contributed by atoms with van der Waals surface area (Å²) in [4.78, 5) is 11.2. The van der Waals surface area contributed by atoms with Crippen molar-refractivity contribution in [1.29, 1.82) is 0 Å². The molecule has 0 bridgehead atoms. The topological polar surface area (TPSA) is 58.7 Å². The van der Waals surface area contributed by atoms with Crippen molar-refractivity contribution >= 4 is 33.9 Å². The van der Waals surface area contributed by atoms with E-state index in [0.717, 1.165) is 17.3 Å². The zero-order chi connectivity index (χ0) is 12.0. The third kappa shape index (κ3) is 3.66. The van der Waals surface area contributed by atoms with E-state index in [1.807, 2.05) is 19.1 Å². The predicted octanol–water partition coefficient (Wildman–Crippen LogP) is 3.12. The van der Waals surface area contributed by atoms with Gasteiger partial charge in [-0.3, -0.25) is 0 Å². The number of primary amides is 1. The summed E-state index contributed by atoms with van der Waals surface area (Å²) in [7, 11) is 0. The highest BCUT2D eigenvalue weighted by Gasteiger charge is 2.09. The second kappa shape index (κ2) is 6.27. The molecule has 5 heteroatoms. The fourth-order valence-corrected chi connectivity index (χ4v) is 1.37. The molecule has 0 unspecified atom stereocenters. The molecule has 86 valence electrons. The number of unbranched alkanes of at least 4 members (excludes halogenated alkanes) is 1. The first-order chi connectivity index (χ1) is 7.65. The van der Waals surface area contributed by atoms with E-state index < -0.39 is 6.03 Å². The monoisotopic (exact) mass is 283 g/mol. The zero-order valence-electron chi connectivity index (χ0n) is 9.06. The largest absolute Gasteiger partial charge is 0.350 e. The molecule has 0 atom stereocenters. The van der Waals surface area contributed by atoms with Crippen LogP contribution in [0.5, 0.6) is 0 Å². The minimum atomic E-state index is -0.588. The first-order valence-electron chi connectivity index (χ1n) is 5.02. The minimum absolute atomic E-state index is 0.588. The standard InChI is InChI=1S/C11H14BrN3O/c1-2-3-8-14-15(11(13)16)10-6-4-9(12)5-7-10/h4-8H,2-3H2,1H3,(H2,13,16)/b14-8+. The first kappa shape index (κ1) is 12.7. The van der Waals surface area contributed by atoms with Crippen molar-refractivity contribution < 1.29 is 4.79 Å². The summed E-state index contributed by atoms with van der Waals surface area (Å²) in [6, 6.07) is 6.63. The normalized spacial score (nSPS) is 10.6. The molecule has 4 nitrogen and oxygen atoms in total. The highest BCUT2D eigenvalue weighted by molar-refractivity contribution is 9.10. The van der Waals surface area contributed by atoms with Gasteiger partial charge in [0.1, 0.15) is 0 Å². The molecule has 0 aliphatic heterocycles. The Kier molecular flexibility index (Phi) is 4.98. The maximum atomic E-state index is 11.2. The van der Waals surface area contributed by atoms with Gasteiger partial charge in [0.15, 0.2) is 0 Å². The van der Waals surface area contributed by atoms with Crippen LogP contribution in [-0.4, -0.2) is 12.2 Å². The zero-order valence-corrected chi connectivity index (χ0v) is 10.6. The number of carbonyl (C=O) groups excluding carboxylic acids is 1. The fourth-order valence-electron chi connectivity index (χ4n) is 1.10. The first-order valence-corrected chi connectivity index (χ1v) is 5.82. The molecule has 1 rings (SSSR count). The summed E-state index contributed by atoms with van der Waals surface area (Å²) >= 11 is 3.32. The van der Waals surface area contributed by atoms with Crippen LogP contribution in [0.2, 0.25) is 0 Å². The maximum absolute atomic E-state index is 11.2. The van der Waals surface area contributed by atoms with E-state index in [9.17, 15) is 4.79 Å². The maximum Gasteiger partial charge on any atom is 0.339 e. The van der Waals surface area contributed by atoms with Gasteiger partial charge in [-0.2, -0.15) is 10.1 Å². The Morgan fingerprint density at radius 3 is 2.62 bits per heavy atom. The number of nitrogens with zero attached hydrogens (tertiary/aromatic N) is 2. The van der Waals surface area contributed by atoms with E-state index >= 15 is 0 Å². The van der Waals surface area contributed by atoms with Crippen molar-refractivity contribution in [1.82, 2.24) is 0 Å². The van der Waals surface area contributed by atoms with E-state index in [1.165, 1.54) is 5.01 Å². The summed E-state index contributed by atoms with van der Waals surface area (Å²) in [6.45, 7) is 2.04. The number of hydrogen-bond donors (Lipinski definition) is 1. The number of amides is 2. The number of halogens is 1. The molecule has 0 aliphatic carbocycles. The molecule has 0 aliphatic rings. The minimum Gasteiger partial charge on any atom is -0.350 e. The average molecular weight is 284 g/mol. The van der Waals surface area contributed by atoms with Gasteiger partial charge in [0.2, 0.25) is 0 Å². The summed E-state index contributed by atoms with van der Waals surface area (Å²) in [6.07, 6.45) is 3.49. The Morgan fingerprint density at radius 1 is 1.50 bits per heavy atom. The van der Waals surface area contributed by atoms with Crippen LogP contribution in [0.1, 0.15) is 19.8 Å². The molecule has 1 aromatic carbocycles. The molecule has 2 amide bonds. The fraction of sp³-hybridized carbons (Fsp3) is 0.273. The summed E-state index contributed by atoms with van der Waals surface area (Å²) in [5.41, 5.74) is 5.91. The van der Waals surface area contributed by atoms with Crippen molar-refractivity contribution in [3.05, 3.63) is 28.7 Å². The van der Waals surface area contributed by atoms with Crippen molar-refractivity contribution in [2.45, 2.75) is 19.8 Å². The number of urea groups is 1. The summed E-state index contributed by atoms with van der Waals surface area (Å²) in [5.74, 6) is 0. The van der Waals surface area contributed by atoms with Gasteiger partial charge in [-0.25, -0.2) is 4.79 Å². The average Bonchev–Trinajstić information content (AvgIpc) is 2.26. The molecule has 0 fully saturated rings. The van der Waals surface area contributed by atoms with E-state index in [4.69, 9.17) is 5.73 Å². The number of rotatable bonds is 4. The van der Waals surface area contributed by atoms with Crippen LogP contribution in [0, 0.1) is 0 Å². The number of hydrogen-bond acceptors (Lipinski definition) is 2. The molecule has 1 aromatic rings. The van der Waals surface area contributed by atoms with Gasteiger partial charge in [0, 0.05) is 10.7 Å². The Hall–Kier alpha value is -1.36. The molecule has 0 heterocycles. The van der Waals surface area contributed by atoms with Gasteiger partial charge in [0.05, 0.1) is 5.69 Å². The highest BCUT2D eigenvalue weighted by atomic mass is 79.9. The molecule has 0 aromatic heterocycles. The van der Waals surface area contributed by atoms with Crippen molar-refractivity contribution in [2.75, 3.05) is 5.01 Å². The molecule has 2 N–H and O–H groups in total. The third-order valence-electron chi connectivity index (χ3n) is 1.89. The number of benzene rings is 1. The van der Waals surface area contributed by atoms with Gasteiger partial charge in [0.25, 0.3) is 0 Å². The van der Waals surface area contributed by atoms with Crippen molar-refractivity contribution in [3.63, 3.8) is 0 Å². The lowest BCUT2D eigenvalue weighted by Crippen LogP contribution is -2.31. The lowest BCUT2D eigenvalue weighted by Gasteiger charge is -2.13. The van der Waals surface area contributed by atoms with Crippen molar-refractivity contribution in [2.24, 2.45) is 10.8 Å². The second-order valence-electron chi connectivity index (χ2n) is 3.21. The van der Waals surface area contributed by atoms with Crippen LogP contribution in [0.25, 0.3) is 0 Å². The van der Waals surface area contributed by atoms with Gasteiger partial charge in [-0.1, -0.05) is 29.3 Å². The lowest BCUT2D eigenvalue weighted by molar-refractivity contribution is 0.254. The van der Waals surface area contributed by atoms with E-state index in [0.29, 0.717) is 5.69 Å². The SMILES string of the molecule is CCC/C=N/N(C(N)=O)c1ccc(Br)cc1. The van der Waals surface area contributed by atoms with E-state index in [-0.39, 0.29) is 0 Å². The van der Waals surface area contributed by atoms with Crippen LogP contribution < -0.4 is 10.7 Å². The van der Waals surface area contributed by atoms with Crippen LogP contribution >= 0.6 is 15.9 Å². The molecule has 0 saturated heterocycles. The van der Waals surface area contributed by atoms with Gasteiger partial charge >= 0.3 is 6.03 Å². The Labute approximate surface area is 103 Å². The highest BCUT2D eigenvalue weighted by Crippen LogP contribution is 2.18. The van der Waals surface area contributed by atoms with Crippen LogP contribution in [0.4, 0.5) is 10.5 Å². The number of nitrogens with two attached hydrogens (primary N) is 1. The summed E-state index contributed by atoms with van der Waals surface area (Å²) in [5, 5.41) is 5.21. The molecule has 0 saturated carbocycles. The smallest absolute Gasteiger partial charge is 0.339 e. The molecular weight excluding hydrogens is 270 g/mol. The van der Waals surface area contributed by atoms with Crippen molar-refractivity contribution in [3.8, 4) is 0 Å². The van der Waals surface area contributed by atoms with Gasteiger partial charge in [-0.15, -0.1) is 0 Å². The lowest BCUT2D eigenvalue weighted by atomic mass is 10.3. The van der Waals surface area contributed by atoms with E-state index in [2.05, 4.69) is 21.0 Å². The molecular formula is C11H14BrN3O. The predicted molar refractivity (Wildman–Crippen MR) is 69.6 cm³/mol. The van der Waals surface area contributed by atoms with Gasteiger partial charge < -0.3 is 5.73 Å². The molecule has 0 radical (unpaired) electrons. The second-order valence-corrected chi connectivity index (χ2v) is 4.13. The Bertz CT molecular complexity index is 375. The molecule has 0 spiro atoms. The Morgan fingerprint density at radius 2 is 2.12 bits per heavy atom. The molecule has 16 heavy (non-hydrogen) atoms. The quantitative estimate of drug-likeness (QED) is 0.670.